The van der Waals surface area contributed by atoms with Crippen molar-refractivity contribution in [3.63, 3.8) is 0 Å². The van der Waals surface area contributed by atoms with Crippen molar-refractivity contribution in [3.8, 4) is 0 Å². The number of hydrogen-bond donors (Lipinski definition) is 2. The van der Waals surface area contributed by atoms with Gasteiger partial charge in [0.25, 0.3) is 11.7 Å². The zero-order chi connectivity index (χ0) is 16.3. The lowest BCUT2D eigenvalue weighted by molar-refractivity contribution is -0.146. The second kappa shape index (κ2) is 6.43. The molecule has 6 heteroatoms. The number of Topliss-reactive ketones (excluding diaryl/α,β-unsaturated/α-hetero) is 1. The first-order valence-electron chi connectivity index (χ1n) is 7.04. The Labute approximate surface area is 127 Å². The number of aromatic nitrogens is 1. The van der Waals surface area contributed by atoms with Crippen molar-refractivity contribution < 1.29 is 19.1 Å². The molecule has 6 nitrogen and oxygen atoms in total. The molecule has 1 atom stereocenters. The fraction of sp³-hybridized carbons (Fsp3) is 0.312. The third-order valence-corrected chi connectivity index (χ3v) is 3.31. The van der Waals surface area contributed by atoms with Crippen LogP contribution in [0.15, 0.2) is 24.3 Å². The zero-order valence-electron chi connectivity index (χ0n) is 12.7. The lowest BCUT2D eigenvalue weighted by Crippen LogP contribution is -2.43. The first kappa shape index (κ1) is 15.8. The highest BCUT2D eigenvalue weighted by atomic mass is 16.5. The molecule has 0 unspecified atom stereocenters. The van der Waals surface area contributed by atoms with Crippen LogP contribution in [0, 0.1) is 6.92 Å². The summed E-state index contributed by atoms with van der Waals surface area (Å²) in [6.45, 7) is 5.10. The predicted molar refractivity (Wildman–Crippen MR) is 81.6 cm³/mol. The number of carbonyl (C=O) groups is 3. The summed E-state index contributed by atoms with van der Waals surface area (Å²) in [6, 6.07) is 6.37. The third-order valence-electron chi connectivity index (χ3n) is 3.31. The molecule has 2 rings (SSSR count). The Balaban J connectivity index is 2.21. The number of fused-ring (bicyclic) bond motifs is 1. The molecule has 0 aliphatic rings. The Morgan fingerprint density at radius 1 is 1.27 bits per heavy atom. The number of ketones is 1. The maximum atomic E-state index is 12.4. The molecular weight excluding hydrogens is 284 g/mol. The Kier molecular flexibility index (Phi) is 4.60. The molecule has 22 heavy (non-hydrogen) atoms. The van der Waals surface area contributed by atoms with Gasteiger partial charge in [-0.15, -0.1) is 0 Å². The molecule has 1 heterocycles. The molecule has 0 spiro atoms. The van der Waals surface area contributed by atoms with Gasteiger partial charge in [0.05, 0.1) is 12.2 Å². The Bertz CT molecular complexity index is 733. The summed E-state index contributed by atoms with van der Waals surface area (Å²) in [5, 5.41) is 3.05. The van der Waals surface area contributed by atoms with Crippen molar-refractivity contribution in [2.45, 2.75) is 26.8 Å². The van der Waals surface area contributed by atoms with Gasteiger partial charge in [-0.2, -0.15) is 0 Å². The highest BCUT2D eigenvalue weighted by Crippen LogP contribution is 2.22. The highest BCUT2D eigenvalue weighted by molar-refractivity contribution is 6.45. The van der Waals surface area contributed by atoms with Crippen LogP contribution in [-0.4, -0.2) is 35.3 Å². The average molecular weight is 302 g/mol. The van der Waals surface area contributed by atoms with Crippen LogP contribution >= 0.6 is 0 Å². The van der Waals surface area contributed by atoms with E-state index in [2.05, 4.69) is 10.3 Å². The van der Waals surface area contributed by atoms with Gasteiger partial charge in [-0.3, -0.25) is 9.59 Å². The summed E-state index contributed by atoms with van der Waals surface area (Å²) in [7, 11) is 0. The lowest BCUT2D eigenvalue weighted by Gasteiger charge is -2.12. The summed E-state index contributed by atoms with van der Waals surface area (Å²) in [5.74, 6) is -2.07. The Morgan fingerprint density at radius 2 is 1.95 bits per heavy atom. The lowest BCUT2D eigenvalue weighted by atomic mass is 10.1. The van der Waals surface area contributed by atoms with E-state index in [1.165, 1.54) is 6.92 Å². The van der Waals surface area contributed by atoms with Gasteiger partial charge in [-0.1, -0.05) is 18.2 Å². The molecule has 0 fully saturated rings. The number of rotatable bonds is 5. The molecule has 0 aliphatic carbocycles. The maximum absolute atomic E-state index is 12.4. The molecule has 116 valence electrons. The van der Waals surface area contributed by atoms with Gasteiger partial charge < -0.3 is 15.0 Å². The molecule has 0 aliphatic heterocycles. The van der Waals surface area contributed by atoms with Gasteiger partial charge in [0.15, 0.2) is 0 Å². The van der Waals surface area contributed by atoms with E-state index in [1.54, 1.807) is 26.0 Å². The maximum Gasteiger partial charge on any atom is 0.328 e. The summed E-state index contributed by atoms with van der Waals surface area (Å²) >= 11 is 0. The minimum atomic E-state index is -0.873. The van der Waals surface area contributed by atoms with Crippen molar-refractivity contribution in [2.24, 2.45) is 0 Å². The highest BCUT2D eigenvalue weighted by Gasteiger charge is 2.25. The van der Waals surface area contributed by atoms with E-state index in [1.807, 2.05) is 12.1 Å². The summed E-state index contributed by atoms with van der Waals surface area (Å²) in [4.78, 5) is 39.0. The van der Waals surface area contributed by atoms with Crippen LogP contribution in [0.25, 0.3) is 10.9 Å². The van der Waals surface area contributed by atoms with E-state index < -0.39 is 23.7 Å². The molecule has 1 aromatic carbocycles. The number of H-pyrrole nitrogens is 1. The van der Waals surface area contributed by atoms with Crippen LogP contribution in [0.4, 0.5) is 0 Å². The molecule has 2 aromatic rings. The van der Waals surface area contributed by atoms with Crippen LogP contribution in [0.2, 0.25) is 0 Å². The number of nitrogens with one attached hydrogen (secondary N) is 2. The second-order valence-electron chi connectivity index (χ2n) is 4.95. The summed E-state index contributed by atoms with van der Waals surface area (Å²) < 4.78 is 4.80. The van der Waals surface area contributed by atoms with Crippen LogP contribution < -0.4 is 5.32 Å². The van der Waals surface area contributed by atoms with Crippen LogP contribution in [-0.2, 0) is 14.3 Å². The first-order valence-corrected chi connectivity index (χ1v) is 7.04. The normalized spacial score (nSPS) is 12.0. The van der Waals surface area contributed by atoms with Gasteiger partial charge >= 0.3 is 5.97 Å². The minimum Gasteiger partial charge on any atom is -0.464 e. The topological polar surface area (TPSA) is 88.3 Å². The van der Waals surface area contributed by atoms with Crippen molar-refractivity contribution in [2.75, 3.05) is 6.61 Å². The largest absolute Gasteiger partial charge is 0.464 e. The van der Waals surface area contributed by atoms with E-state index >= 15 is 0 Å². The number of amides is 1. The smallest absolute Gasteiger partial charge is 0.328 e. The summed E-state index contributed by atoms with van der Waals surface area (Å²) in [5.41, 5.74) is 1.73. The number of benzene rings is 1. The van der Waals surface area contributed by atoms with E-state index in [4.69, 9.17) is 4.74 Å². The molecule has 2 N–H and O–H groups in total. The number of ether oxygens (including phenoxy) is 1. The predicted octanol–water partition coefficient (Wildman–Crippen LogP) is 1.73. The summed E-state index contributed by atoms with van der Waals surface area (Å²) in [6.07, 6.45) is 0. The first-order chi connectivity index (χ1) is 10.5. The molecule has 0 saturated carbocycles. The Morgan fingerprint density at radius 3 is 2.64 bits per heavy atom. The number of carbonyl (C=O) groups excluding carboxylic acids is 3. The second-order valence-corrected chi connectivity index (χ2v) is 4.95. The monoisotopic (exact) mass is 302 g/mol. The molecular formula is C16H18N2O4. The minimum absolute atomic E-state index is 0.217. The van der Waals surface area contributed by atoms with E-state index in [0.29, 0.717) is 16.6 Å². The molecule has 1 aromatic heterocycles. The van der Waals surface area contributed by atoms with Crippen molar-refractivity contribution in [3.05, 3.63) is 35.5 Å². The molecule has 0 saturated heterocycles. The molecule has 0 bridgehead atoms. The standard InChI is InChI=1S/C16H18N2O4/c1-4-22-16(21)10(3)18-15(20)14(19)13-9(2)17-12-8-6-5-7-11(12)13/h5-8,10,17H,4H2,1-3H3,(H,18,20)/t10-/m1/s1. The van der Waals surface area contributed by atoms with Crippen molar-refractivity contribution in [1.82, 2.24) is 10.3 Å². The van der Waals surface area contributed by atoms with Gasteiger partial charge in [0, 0.05) is 16.6 Å². The SMILES string of the molecule is CCOC(=O)[C@@H](C)NC(=O)C(=O)c1c(C)[nH]c2ccccc12. The number of hydrogen-bond acceptors (Lipinski definition) is 4. The molecule has 0 radical (unpaired) electrons. The van der Waals surface area contributed by atoms with Gasteiger partial charge in [0.2, 0.25) is 0 Å². The number of aromatic amines is 1. The quantitative estimate of drug-likeness (QED) is 0.500. The van der Waals surface area contributed by atoms with Crippen LogP contribution in [0.1, 0.15) is 29.9 Å². The number of para-hydroxylation sites is 1. The van der Waals surface area contributed by atoms with Gasteiger partial charge in [-0.05, 0) is 26.8 Å². The van der Waals surface area contributed by atoms with Crippen LogP contribution in [0.5, 0.6) is 0 Å². The van der Waals surface area contributed by atoms with E-state index in [-0.39, 0.29) is 6.61 Å². The third kappa shape index (κ3) is 3.00. The molecule has 1 amide bonds. The fourth-order valence-electron chi connectivity index (χ4n) is 2.27. The van der Waals surface area contributed by atoms with Gasteiger partial charge in [-0.25, -0.2) is 4.79 Å². The average Bonchev–Trinajstić information content (AvgIpc) is 2.82. The Hall–Kier alpha value is -2.63. The number of aryl methyl sites for hydroxylation is 1. The number of esters is 1. The zero-order valence-corrected chi connectivity index (χ0v) is 12.7. The van der Waals surface area contributed by atoms with E-state index in [9.17, 15) is 14.4 Å². The fourth-order valence-corrected chi connectivity index (χ4v) is 2.27. The van der Waals surface area contributed by atoms with Crippen molar-refractivity contribution >= 4 is 28.6 Å². The van der Waals surface area contributed by atoms with Crippen LogP contribution in [0.3, 0.4) is 0 Å². The van der Waals surface area contributed by atoms with E-state index in [0.717, 1.165) is 5.52 Å². The van der Waals surface area contributed by atoms with Gasteiger partial charge in [0.1, 0.15) is 6.04 Å². The van der Waals surface area contributed by atoms with Crippen molar-refractivity contribution in [1.29, 1.82) is 0 Å².